The highest BCUT2D eigenvalue weighted by molar-refractivity contribution is 5.91. The summed E-state index contributed by atoms with van der Waals surface area (Å²) in [6.07, 6.45) is 1.70. The first kappa shape index (κ1) is 14.6. The molecule has 1 atom stereocenters. The average molecular weight is 301 g/mol. The van der Waals surface area contributed by atoms with E-state index < -0.39 is 0 Å². The molecule has 1 saturated heterocycles. The Morgan fingerprint density at radius 2 is 2.23 bits per heavy atom. The van der Waals surface area contributed by atoms with Gasteiger partial charge in [-0.3, -0.25) is 9.59 Å². The molecular weight excluding hydrogens is 282 g/mol. The van der Waals surface area contributed by atoms with E-state index in [1.54, 1.807) is 35.0 Å². The second-order valence-corrected chi connectivity index (χ2v) is 5.48. The van der Waals surface area contributed by atoms with Crippen LogP contribution in [0.2, 0.25) is 0 Å². The van der Waals surface area contributed by atoms with E-state index in [1.807, 2.05) is 11.8 Å². The first-order valence-corrected chi connectivity index (χ1v) is 7.41. The summed E-state index contributed by atoms with van der Waals surface area (Å²) in [7, 11) is 0. The number of amides is 1. The molecule has 116 valence electrons. The summed E-state index contributed by atoms with van der Waals surface area (Å²) in [5.41, 5.74) is -0.0949. The third kappa shape index (κ3) is 2.96. The Kier molecular flexibility index (Phi) is 4.11. The lowest BCUT2D eigenvalue weighted by Crippen LogP contribution is -2.52. The van der Waals surface area contributed by atoms with Crippen LogP contribution >= 0.6 is 0 Å². The maximum atomic E-state index is 12.5. The quantitative estimate of drug-likeness (QED) is 0.915. The van der Waals surface area contributed by atoms with Gasteiger partial charge < -0.3 is 19.2 Å². The van der Waals surface area contributed by atoms with Crippen molar-refractivity contribution in [1.82, 2.24) is 14.8 Å². The Hall–Kier alpha value is -2.34. The molecule has 0 radical (unpaired) electrons. The summed E-state index contributed by atoms with van der Waals surface area (Å²) >= 11 is 0. The van der Waals surface area contributed by atoms with Gasteiger partial charge in [0.25, 0.3) is 11.5 Å². The smallest absolute Gasteiger partial charge is 0.289 e. The molecule has 3 heterocycles. The number of hydrogen-bond acceptors (Lipinski definition) is 4. The van der Waals surface area contributed by atoms with E-state index in [-0.39, 0.29) is 17.5 Å². The molecule has 2 aromatic rings. The summed E-state index contributed by atoms with van der Waals surface area (Å²) in [6, 6.07) is 8.56. The molecule has 0 bridgehead atoms. The van der Waals surface area contributed by atoms with Crippen molar-refractivity contribution in [2.75, 3.05) is 19.6 Å². The summed E-state index contributed by atoms with van der Waals surface area (Å²) in [5.74, 6) is 0.827. The van der Waals surface area contributed by atoms with Gasteiger partial charge in [0.15, 0.2) is 5.76 Å². The molecule has 1 aliphatic heterocycles. The molecule has 0 aliphatic carbocycles. The van der Waals surface area contributed by atoms with Crippen molar-refractivity contribution in [1.29, 1.82) is 0 Å². The summed E-state index contributed by atoms with van der Waals surface area (Å²) in [5, 5.41) is 3.25. The maximum absolute atomic E-state index is 12.5. The zero-order chi connectivity index (χ0) is 15.5. The standard InChI is InChI=1S/C16H19N3O3/c1-12-10-17-7-9-19(12)16(21)14-6-5-13(22-14)11-18-8-3-2-4-15(18)20/h2-6,8,12,17H,7,9-11H2,1H3. The van der Waals surface area contributed by atoms with E-state index >= 15 is 0 Å². The predicted octanol–water partition coefficient (Wildman–Crippen LogP) is 0.923. The highest BCUT2D eigenvalue weighted by atomic mass is 16.4. The number of nitrogens with zero attached hydrogens (tertiary/aromatic N) is 2. The predicted molar refractivity (Wildman–Crippen MR) is 81.9 cm³/mol. The second-order valence-electron chi connectivity index (χ2n) is 5.48. The third-order valence-electron chi connectivity index (χ3n) is 3.86. The van der Waals surface area contributed by atoms with Gasteiger partial charge in [0.05, 0.1) is 6.54 Å². The molecule has 1 N–H and O–H groups in total. The van der Waals surface area contributed by atoms with Crippen molar-refractivity contribution < 1.29 is 9.21 Å². The topological polar surface area (TPSA) is 67.5 Å². The molecule has 0 aromatic carbocycles. The molecule has 0 spiro atoms. The molecule has 2 aromatic heterocycles. The average Bonchev–Trinajstić information content (AvgIpc) is 2.98. The van der Waals surface area contributed by atoms with Gasteiger partial charge in [-0.05, 0) is 25.1 Å². The van der Waals surface area contributed by atoms with E-state index in [0.717, 1.165) is 13.1 Å². The van der Waals surface area contributed by atoms with Gasteiger partial charge in [-0.15, -0.1) is 0 Å². The Bertz CT molecular complexity index is 719. The van der Waals surface area contributed by atoms with Crippen LogP contribution in [0.4, 0.5) is 0 Å². The monoisotopic (exact) mass is 301 g/mol. The van der Waals surface area contributed by atoms with Crippen molar-refractivity contribution in [3.8, 4) is 0 Å². The third-order valence-corrected chi connectivity index (χ3v) is 3.86. The number of hydrogen-bond donors (Lipinski definition) is 1. The van der Waals surface area contributed by atoms with Crippen molar-refractivity contribution in [3.63, 3.8) is 0 Å². The van der Waals surface area contributed by atoms with Gasteiger partial charge in [-0.1, -0.05) is 6.07 Å². The van der Waals surface area contributed by atoms with Crippen molar-refractivity contribution in [2.24, 2.45) is 0 Å². The number of pyridine rings is 1. The van der Waals surface area contributed by atoms with E-state index in [1.165, 1.54) is 6.07 Å². The highest BCUT2D eigenvalue weighted by Gasteiger charge is 2.26. The lowest BCUT2D eigenvalue weighted by atomic mass is 10.2. The molecular formula is C16H19N3O3. The maximum Gasteiger partial charge on any atom is 0.289 e. The molecule has 3 rings (SSSR count). The van der Waals surface area contributed by atoms with Gasteiger partial charge in [-0.25, -0.2) is 0 Å². The molecule has 1 aliphatic rings. The summed E-state index contributed by atoms with van der Waals surface area (Å²) in [6.45, 7) is 4.59. The lowest BCUT2D eigenvalue weighted by Gasteiger charge is -2.33. The minimum absolute atomic E-state index is 0.0949. The van der Waals surface area contributed by atoms with Gasteiger partial charge in [-0.2, -0.15) is 0 Å². The van der Waals surface area contributed by atoms with Crippen LogP contribution in [0.3, 0.4) is 0 Å². The van der Waals surface area contributed by atoms with E-state index in [9.17, 15) is 9.59 Å². The minimum Gasteiger partial charge on any atom is -0.454 e. The van der Waals surface area contributed by atoms with Gasteiger partial charge >= 0.3 is 0 Å². The van der Waals surface area contributed by atoms with Crippen LogP contribution in [-0.4, -0.2) is 41.1 Å². The highest BCUT2D eigenvalue weighted by Crippen LogP contribution is 2.14. The van der Waals surface area contributed by atoms with Crippen LogP contribution in [0, 0.1) is 0 Å². The van der Waals surface area contributed by atoms with Gasteiger partial charge in [0.2, 0.25) is 0 Å². The minimum atomic E-state index is -0.0966. The fraction of sp³-hybridized carbons (Fsp3) is 0.375. The van der Waals surface area contributed by atoms with Crippen LogP contribution in [0.15, 0.2) is 45.7 Å². The normalized spacial score (nSPS) is 18.4. The summed E-state index contributed by atoms with van der Waals surface area (Å²) < 4.78 is 7.18. The number of piperazine rings is 1. The first-order valence-electron chi connectivity index (χ1n) is 7.41. The number of carbonyl (C=O) groups is 1. The van der Waals surface area contributed by atoms with Gasteiger partial charge in [0, 0.05) is 37.9 Å². The second kappa shape index (κ2) is 6.19. The molecule has 6 nitrogen and oxygen atoms in total. The molecule has 1 unspecified atom stereocenters. The number of rotatable bonds is 3. The van der Waals surface area contributed by atoms with Crippen molar-refractivity contribution in [3.05, 3.63) is 58.4 Å². The largest absolute Gasteiger partial charge is 0.454 e. The Balaban J connectivity index is 1.75. The van der Waals surface area contributed by atoms with E-state index in [4.69, 9.17) is 4.42 Å². The molecule has 22 heavy (non-hydrogen) atoms. The molecule has 1 fully saturated rings. The number of aromatic nitrogens is 1. The van der Waals surface area contributed by atoms with Crippen LogP contribution in [0.25, 0.3) is 0 Å². The number of furan rings is 1. The Morgan fingerprint density at radius 1 is 1.36 bits per heavy atom. The van der Waals surface area contributed by atoms with Crippen LogP contribution < -0.4 is 10.9 Å². The number of carbonyl (C=O) groups excluding carboxylic acids is 1. The zero-order valence-corrected chi connectivity index (χ0v) is 12.5. The zero-order valence-electron chi connectivity index (χ0n) is 12.5. The lowest BCUT2D eigenvalue weighted by molar-refractivity contribution is 0.0621. The van der Waals surface area contributed by atoms with Crippen molar-refractivity contribution >= 4 is 5.91 Å². The van der Waals surface area contributed by atoms with E-state index in [0.29, 0.717) is 24.6 Å². The number of nitrogens with one attached hydrogen (secondary N) is 1. The van der Waals surface area contributed by atoms with Crippen molar-refractivity contribution in [2.45, 2.75) is 19.5 Å². The fourth-order valence-corrected chi connectivity index (χ4v) is 2.62. The molecule has 1 amide bonds. The van der Waals surface area contributed by atoms with Crippen LogP contribution in [0.5, 0.6) is 0 Å². The summed E-state index contributed by atoms with van der Waals surface area (Å²) in [4.78, 5) is 26.0. The Labute approximate surface area is 128 Å². The van der Waals surface area contributed by atoms with Gasteiger partial charge in [0.1, 0.15) is 5.76 Å². The van der Waals surface area contributed by atoms with Crippen LogP contribution in [-0.2, 0) is 6.54 Å². The Morgan fingerprint density at radius 3 is 3.00 bits per heavy atom. The first-order chi connectivity index (χ1) is 10.6. The molecule has 0 saturated carbocycles. The van der Waals surface area contributed by atoms with E-state index in [2.05, 4.69) is 5.32 Å². The van der Waals surface area contributed by atoms with Crippen LogP contribution in [0.1, 0.15) is 23.2 Å². The SMILES string of the molecule is CC1CNCCN1C(=O)c1ccc(Cn2ccccc2=O)o1. The fourth-order valence-electron chi connectivity index (χ4n) is 2.62. The molecule has 6 heteroatoms.